The van der Waals surface area contributed by atoms with Gasteiger partial charge in [0.25, 0.3) is 0 Å². The lowest BCUT2D eigenvalue weighted by Gasteiger charge is -2.09. The molecule has 868 valence electrons. The Hall–Kier alpha value is -3.36. The van der Waals surface area contributed by atoms with Crippen LogP contribution < -0.4 is 0 Å². The van der Waals surface area contributed by atoms with E-state index >= 15 is 0 Å². The summed E-state index contributed by atoms with van der Waals surface area (Å²) in [4.78, 5) is 0. The first-order valence-corrected chi connectivity index (χ1v) is 52.5. The van der Waals surface area contributed by atoms with Gasteiger partial charge in [-0.25, -0.2) is 0 Å². The Bertz CT molecular complexity index is 2320. The largest absolute Gasteiger partial charge is 0.377 e. The van der Waals surface area contributed by atoms with Gasteiger partial charge in [-0.05, 0) is 11.1 Å². The van der Waals surface area contributed by atoms with E-state index in [1.807, 2.05) is 60.7 Å². The van der Waals surface area contributed by atoms with Gasteiger partial charge in [0, 0.05) is 0 Å². The predicted octanol–water partition coefficient (Wildman–Crippen LogP) is 4.13. The van der Waals surface area contributed by atoms with E-state index in [2.05, 4.69) is 0 Å². The molecule has 45 heteroatoms. The van der Waals surface area contributed by atoms with Crippen molar-refractivity contribution in [2.45, 2.75) is 13.2 Å². The molecule has 0 atom stereocenters. The van der Waals surface area contributed by atoms with Crippen LogP contribution in [0, 0.1) is 0 Å². The van der Waals surface area contributed by atoms with Crippen LogP contribution >= 0.6 is 0 Å². The van der Waals surface area contributed by atoms with Gasteiger partial charge in [0.1, 0.15) is 0 Å². The van der Waals surface area contributed by atoms with Crippen molar-refractivity contribution < 1.29 is 213 Å². The van der Waals surface area contributed by atoms with E-state index in [1.54, 1.807) is 0 Å². The lowest BCUT2D eigenvalue weighted by atomic mass is 10.2. The van der Waals surface area contributed by atoms with Crippen LogP contribution in [0.4, 0.5) is 0 Å². The molecule has 0 saturated carbocycles. The molecule has 0 amide bonds. The molecule has 0 aliphatic carbocycles. The first-order valence-electron chi connectivity index (χ1n) is 52.5. The van der Waals surface area contributed by atoms with E-state index in [0.717, 1.165) is 11.1 Å². The third-order valence-corrected chi connectivity index (χ3v) is 18.6. The standard InChI is InChI=1S/C102H190O45/c1-3-7-101(8-4-1)99-146-97-95-144-93-91-142-89-87-140-85-83-138-81-79-136-77-75-134-73-71-132-69-67-130-65-63-128-61-59-126-57-55-124-53-51-122-49-47-120-45-43-118-41-39-116-37-35-114-33-31-112-29-27-110-25-23-108-21-19-106-17-15-104-13-11-103-12-14-105-16-18-107-20-22-109-24-26-111-28-30-113-32-34-115-36-38-117-40-42-119-44-46-121-48-50-123-52-54-125-56-58-127-60-62-129-64-66-131-68-70-133-72-74-135-76-78-137-80-82-139-84-86-141-88-90-143-92-94-145-96-98-147-100-102-9-5-2-6-10-102/h1-10H,11-100H2. The number of hydrogen-bond acceptors (Lipinski definition) is 45. The molecule has 0 aromatic heterocycles. The van der Waals surface area contributed by atoms with Gasteiger partial charge in [-0.15, -0.1) is 0 Å². The first kappa shape index (κ1) is 140. The molecule has 2 aromatic rings. The molecular weight excluding hydrogens is 1950 g/mol. The van der Waals surface area contributed by atoms with Crippen LogP contribution in [0.15, 0.2) is 60.7 Å². The summed E-state index contributed by atoms with van der Waals surface area (Å²) in [6.07, 6.45) is 0. The quantitative estimate of drug-likeness (QED) is 0.0840. The molecule has 2 aromatic carbocycles. The topological polar surface area (TPSA) is 415 Å². The van der Waals surface area contributed by atoms with Gasteiger partial charge in [0.2, 0.25) is 0 Å². The van der Waals surface area contributed by atoms with Crippen molar-refractivity contribution in [3.63, 3.8) is 0 Å². The maximum absolute atomic E-state index is 5.59. The summed E-state index contributed by atoms with van der Waals surface area (Å²) in [5.41, 5.74) is 2.30. The highest BCUT2D eigenvalue weighted by Crippen LogP contribution is 2.04. The van der Waals surface area contributed by atoms with E-state index < -0.39 is 0 Å². The molecule has 0 bridgehead atoms. The van der Waals surface area contributed by atoms with Crippen molar-refractivity contribution in [1.29, 1.82) is 0 Å². The van der Waals surface area contributed by atoms with E-state index in [1.165, 1.54) is 0 Å². The van der Waals surface area contributed by atoms with Crippen molar-refractivity contribution >= 4 is 0 Å². The fraction of sp³-hybridized carbons (Fsp3) is 0.882. The van der Waals surface area contributed by atoms with E-state index in [-0.39, 0.29) is 0 Å². The average molecular weight is 2140 g/mol. The molecule has 0 aliphatic rings. The van der Waals surface area contributed by atoms with Gasteiger partial charge in [0.05, 0.1) is 595 Å². The molecule has 0 aliphatic heterocycles. The highest BCUT2D eigenvalue weighted by molar-refractivity contribution is 5.14. The van der Waals surface area contributed by atoms with E-state index in [9.17, 15) is 0 Å². The second-order valence-corrected chi connectivity index (χ2v) is 30.4. The van der Waals surface area contributed by atoms with Gasteiger partial charge in [-0.1, -0.05) is 60.7 Å². The minimum absolute atomic E-state index is 0.472. The zero-order chi connectivity index (χ0) is 104. The van der Waals surface area contributed by atoms with Crippen LogP contribution in [0.25, 0.3) is 0 Å². The lowest BCUT2D eigenvalue weighted by Crippen LogP contribution is -2.16. The fourth-order valence-electron chi connectivity index (χ4n) is 11.1. The Morgan fingerprint density at radius 2 is 0.122 bits per heavy atom. The molecule has 0 heterocycles. The number of ether oxygens (including phenoxy) is 45. The van der Waals surface area contributed by atoms with Gasteiger partial charge < -0.3 is 213 Å². The molecular formula is C102H190O45. The smallest absolute Gasteiger partial charge is 0.0718 e. The van der Waals surface area contributed by atoms with E-state index in [4.69, 9.17) is 213 Å². The monoisotopic (exact) mass is 2140 g/mol. The number of hydrogen-bond donors (Lipinski definition) is 0. The normalized spacial score (nSPS) is 11.8. The third kappa shape index (κ3) is 124. The zero-order valence-corrected chi connectivity index (χ0v) is 88.8. The minimum Gasteiger partial charge on any atom is -0.377 e. The SMILES string of the molecule is c1ccc(COCCOCCOCCOCCOCCOCCOCCOCCOCCOCCOCCOCCOCCOCCOCCOCCOCCOCCOCCOCCOCCOCCOCCOCCOCCOCCOCCOCCOCCOCCOCCOCCOCCOCCOCCOCCOCCOCCOCCOCCOCCOCCOCCOCCOCc2ccccc2)cc1. The Balaban J connectivity index is 1.06. The maximum atomic E-state index is 5.59. The second-order valence-electron chi connectivity index (χ2n) is 30.4. The third-order valence-electron chi connectivity index (χ3n) is 18.6. The number of benzene rings is 2. The Morgan fingerprint density at radius 1 is 0.0680 bits per heavy atom. The summed E-state index contributed by atoms with van der Waals surface area (Å²) in [6, 6.07) is 20.1. The first-order chi connectivity index (χ1) is 73.4. The summed E-state index contributed by atoms with van der Waals surface area (Å²) >= 11 is 0. The molecule has 0 unspecified atom stereocenters. The summed E-state index contributed by atoms with van der Waals surface area (Å²) < 4.78 is 250. The van der Waals surface area contributed by atoms with Gasteiger partial charge in [-0.2, -0.15) is 0 Å². The predicted molar refractivity (Wildman–Crippen MR) is 537 cm³/mol. The Kier molecular flexibility index (Phi) is 125. The van der Waals surface area contributed by atoms with Crippen LogP contribution in [0.5, 0.6) is 0 Å². The second kappa shape index (κ2) is 131. The summed E-state index contributed by atoms with van der Waals surface area (Å²) in [6.45, 7) is 43.8. The molecule has 0 fully saturated rings. The van der Waals surface area contributed by atoms with Gasteiger partial charge in [0.15, 0.2) is 0 Å². The fourth-order valence-corrected chi connectivity index (χ4v) is 11.1. The molecule has 0 N–H and O–H groups in total. The van der Waals surface area contributed by atoms with Crippen LogP contribution in [0.2, 0.25) is 0 Å². The van der Waals surface area contributed by atoms with Gasteiger partial charge in [-0.3, -0.25) is 0 Å². The van der Waals surface area contributed by atoms with Crippen LogP contribution in [0.3, 0.4) is 0 Å². The van der Waals surface area contributed by atoms with E-state index in [0.29, 0.717) is 595 Å². The molecule has 45 nitrogen and oxygen atoms in total. The molecule has 147 heavy (non-hydrogen) atoms. The molecule has 0 spiro atoms. The molecule has 0 saturated heterocycles. The summed E-state index contributed by atoms with van der Waals surface area (Å²) in [7, 11) is 0. The highest BCUT2D eigenvalue weighted by Gasteiger charge is 2.08. The molecule has 2 rings (SSSR count). The Labute approximate surface area is 875 Å². The van der Waals surface area contributed by atoms with Gasteiger partial charge >= 0.3 is 0 Å². The minimum atomic E-state index is 0.472. The summed E-state index contributed by atoms with van der Waals surface area (Å²) in [5.74, 6) is 0. The number of rotatable bonds is 136. The van der Waals surface area contributed by atoms with Crippen molar-refractivity contribution in [3.8, 4) is 0 Å². The highest BCUT2D eigenvalue weighted by atomic mass is 16.7. The van der Waals surface area contributed by atoms with Crippen molar-refractivity contribution in [2.75, 3.05) is 581 Å². The molecule has 0 radical (unpaired) electrons. The van der Waals surface area contributed by atoms with Crippen LogP contribution in [-0.4, -0.2) is 581 Å². The zero-order valence-electron chi connectivity index (χ0n) is 88.8. The van der Waals surface area contributed by atoms with Crippen LogP contribution in [-0.2, 0) is 226 Å². The van der Waals surface area contributed by atoms with Crippen molar-refractivity contribution in [3.05, 3.63) is 71.8 Å². The maximum Gasteiger partial charge on any atom is 0.0718 e. The van der Waals surface area contributed by atoms with Crippen molar-refractivity contribution in [2.24, 2.45) is 0 Å². The van der Waals surface area contributed by atoms with Crippen LogP contribution in [0.1, 0.15) is 11.1 Å². The van der Waals surface area contributed by atoms with Crippen molar-refractivity contribution in [1.82, 2.24) is 0 Å². The summed E-state index contributed by atoms with van der Waals surface area (Å²) in [5, 5.41) is 0. The Morgan fingerprint density at radius 3 is 0.184 bits per heavy atom. The average Bonchev–Trinajstić information content (AvgIpc) is 0.971. The lowest BCUT2D eigenvalue weighted by molar-refractivity contribution is -0.0329.